The van der Waals surface area contributed by atoms with Crippen LogP contribution in [0.1, 0.15) is 53.4 Å². The quantitative estimate of drug-likeness (QED) is 0.816. The molecule has 2 nitrogen and oxygen atoms in total. The van der Waals surface area contributed by atoms with Gasteiger partial charge in [-0.05, 0) is 37.5 Å². The van der Waals surface area contributed by atoms with Gasteiger partial charge in [0.1, 0.15) is 0 Å². The molecule has 17 heavy (non-hydrogen) atoms. The molecule has 0 heterocycles. The molecule has 2 rings (SSSR count). The number of nitrogens with one attached hydrogen (secondary N) is 1. The zero-order valence-corrected chi connectivity index (χ0v) is 12.1. The fourth-order valence-electron chi connectivity index (χ4n) is 3.94. The van der Waals surface area contributed by atoms with Crippen LogP contribution in [0.25, 0.3) is 0 Å². The van der Waals surface area contributed by atoms with E-state index in [0.717, 1.165) is 17.9 Å². The lowest BCUT2D eigenvalue weighted by molar-refractivity contribution is -0.102. The fraction of sp³-hybridized carbons (Fsp3) is 1.00. The van der Waals surface area contributed by atoms with Gasteiger partial charge in [0.05, 0.1) is 6.10 Å². The van der Waals surface area contributed by atoms with E-state index in [4.69, 9.17) is 4.74 Å². The number of rotatable bonds is 3. The molecule has 0 aromatic rings. The van der Waals surface area contributed by atoms with Gasteiger partial charge in [0, 0.05) is 24.6 Å². The number of hydrogen-bond donors (Lipinski definition) is 1. The Labute approximate surface area is 107 Å². The monoisotopic (exact) mass is 239 g/mol. The molecule has 0 spiro atoms. The van der Waals surface area contributed by atoms with Gasteiger partial charge in [-0.15, -0.1) is 0 Å². The van der Waals surface area contributed by atoms with Gasteiger partial charge in [-0.1, -0.05) is 27.7 Å². The number of ether oxygens (including phenoxy) is 1. The topological polar surface area (TPSA) is 21.3 Å². The summed E-state index contributed by atoms with van der Waals surface area (Å²) in [5.74, 6) is 1.77. The van der Waals surface area contributed by atoms with Crippen molar-refractivity contribution < 1.29 is 4.74 Å². The van der Waals surface area contributed by atoms with Crippen LogP contribution in [-0.2, 0) is 4.74 Å². The van der Waals surface area contributed by atoms with Crippen LogP contribution >= 0.6 is 0 Å². The predicted octanol–water partition coefficient (Wildman–Crippen LogP) is 3.21. The van der Waals surface area contributed by atoms with E-state index in [1.807, 2.05) is 7.11 Å². The van der Waals surface area contributed by atoms with Crippen LogP contribution in [0.15, 0.2) is 0 Å². The van der Waals surface area contributed by atoms with Crippen molar-refractivity contribution >= 4 is 0 Å². The summed E-state index contributed by atoms with van der Waals surface area (Å²) in [4.78, 5) is 0. The molecule has 2 saturated carbocycles. The summed E-state index contributed by atoms with van der Waals surface area (Å²) in [6, 6.07) is 1.38. The third-order valence-electron chi connectivity index (χ3n) is 5.08. The lowest BCUT2D eigenvalue weighted by Gasteiger charge is -2.53. The molecule has 2 aliphatic rings. The highest BCUT2D eigenvalue weighted by molar-refractivity contribution is 5.04. The van der Waals surface area contributed by atoms with Crippen molar-refractivity contribution in [2.45, 2.75) is 71.6 Å². The summed E-state index contributed by atoms with van der Waals surface area (Å²) in [6.07, 6.45) is 5.75. The zero-order valence-electron chi connectivity index (χ0n) is 12.1. The van der Waals surface area contributed by atoms with Crippen LogP contribution in [-0.4, -0.2) is 25.3 Å². The first kappa shape index (κ1) is 13.4. The van der Waals surface area contributed by atoms with Crippen molar-refractivity contribution in [2.24, 2.45) is 17.3 Å². The Bertz CT molecular complexity index is 254. The minimum absolute atomic E-state index is 0.304. The van der Waals surface area contributed by atoms with Gasteiger partial charge in [-0.25, -0.2) is 0 Å². The van der Waals surface area contributed by atoms with Crippen molar-refractivity contribution in [3.63, 3.8) is 0 Å². The normalized spacial score (nSPS) is 45.4. The third kappa shape index (κ3) is 2.68. The van der Waals surface area contributed by atoms with Gasteiger partial charge < -0.3 is 10.1 Å². The molecule has 0 aliphatic heterocycles. The summed E-state index contributed by atoms with van der Waals surface area (Å²) in [5, 5.41) is 3.89. The largest absolute Gasteiger partial charge is 0.381 e. The molecule has 4 unspecified atom stereocenters. The Morgan fingerprint density at radius 3 is 2.06 bits per heavy atom. The summed E-state index contributed by atoms with van der Waals surface area (Å²) in [6.45, 7) is 9.46. The van der Waals surface area contributed by atoms with Gasteiger partial charge in [-0.2, -0.15) is 0 Å². The summed E-state index contributed by atoms with van der Waals surface area (Å²) in [7, 11) is 1.84. The predicted molar refractivity (Wildman–Crippen MR) is 72.1 cm³/mol. The van der Waals surface area contributed by atoms with Crippen LogP contribution in [0.4, 0.5) is 0 Å². The van der Waals surface area contributed by atoms with Crippen molar-refractivity contribution in [3.8, 4) is 0 Å². The molecular weight excluding hydrogens is 210 g/mol. The first-order valence-corrected chi connectivity index (χ1v) is 7.22. The lowest BCUT2D eigenvalue weighted by Crippen LogP contribution is -2.63. The number of hydrogen-bond acceptors (Lipinski definition) is 2. The molecule has 0 saturated heterocycles. The lowest BCUT2D eigenvalue weighted by atomic mass is 9.64. The van der Waals surface area contributed by atoms with Crippen LogP contribution in [0.3, 0.4) is 0 Å². The first-order chi connectivity index (χ1) is 7.93. The fourth-order valence-corrected chi connectivity index (χ4v) is 3.94. The number of methoxy groups -OCH3 is 1. The Morgan fingerprint density at radius 2 is 1.59 bits per heavy atom. The van der Waals surface area contributed by atoms with E-state index in [9.17, 15) is 0 Å². The molecule has 1 N–H and O–H groups in total. The summed E-state index contributed by atoms with van der Waals surface area (Å²) in [5.41, 5.74) is 0.304. The minimum atomic E-state index is 0.304. The van der Waals surface area contributed by atoms with E-state index in [0.29, 0.717) is 17.6 Å². The second-order valence-corrected chi connectivity index (χ2v) is 7.12. The van der Waals surface area contributed by atoms with E-state index in [1.165, 1.54) is 25.7 Å². The maximum absolute atomic E-state index is 5.52. The second-order valence-electron chi connectivity index (χ2n) is 7.12. The van der Waals surface area contributed by atoms with E-state index in [2.05, 4.69) is 33.0 Å². The van der Waals surface area contributed by atoms with Crippen molar-refractivity contribution in [3.05, 3.63) is 0 Å². The minimum Gasteiger partial charge on any atom is -0.381 e. The van der Waals surface area contributed by atoms with Crippen LogP contribution in [0.5, 0.6) is 0 Å². The van der Waals surface area contributed by atoms with Crippen LogP contribution in [0, 0.1) is 17.3 Å². The van der Waals surface area contributed by atoms with Crippen LogP contribution < -0.4 is 5.32 Å². The second kappa shape index (κ2) is 4.89. The average molecular weight is 239 g/mol. The molecule has 2 aliphatic carbocycles. The molecule has 100 valence electrons. The smallest absolute Gasteiger partial charge is 0.0652 e. The first-order valence-electron chi connectivity index (χ1n) is 7.22. The molecule has 4 atom stereocenters. The molecule has 2 heteroatoms. The van der Waals surface area contributed by atoms with Gasteiger partial charge in [0.15, 0.2) is 0 Å². The molecule has 0 aromatic heterocycles. The highest BCUT2D eigenvalue weighted by Gasteiger charge is 2.49. The van der Waals surface area contributed by atoms with Gasteiger partial charge in [0.25, 0.3) is 0 Å². The summed E-state index contributed by atoms with van der Waals surface area (Å²) < 4.78 is 5.52. The molecule has 0 radical (unpaired) electrons. The van der Waals surface area contributed by atoms with Crippen molar-refractivity contribution in [1.82, 2.24) is 5.32 Å². The maximum Gasteiger partial charge on any atom is 0.0652 e. The standard InChI is InChI=1S/C15H29NO/c1-10-6-11(2)8-12(7-10)16-13-9-14(17-5)15(13,3)4/h10-14,16H,6-9H2,1-5H3. The van der Waals surface area contributed by atoms with Gasteiger partial charge >= 0.3 is 0 Å². The zero-order chi connectivity index (χ0) is 12.6. The highest BCUT2D eigenvalue weighted by Crippen LogP contribution is 2.43. The van der Waals surface area contributed by atoms with Gasteiger partial charge in [-0.3, -0.25) is 0 Å². The molecule has 0 amide bonds. The van der Waals surface area contributed by atoms with E-state index >= 15 is 0 Å². The third-order valence-corrected chi connectivity index (χ3v) is 5.08. The average Bonchev–Trinajstić information content (AvgIpc) is 2.22. The van der Waals surface area contributed by atoms with Crippen molar-refractivity contribution in [1.29, 1.82) is 0 Å². The Hall–Kier alpha value is -0.0800. The summed E-state index contributed by atoms with van der Waals surface area (Å²) >= 11 is 0. The maximum atomic E-state index is 5.52. The van der Waals surface area contributed by atoms with E-state index in [-0.39, 0.29) is 0 Å². The molecular formula is C15H29NO. The highest BCUT2D eigenvalue weighted by atomic mass is 16.5. The molecule has 2 fully saturated rings. The Morgan fingerprint density at radius 1 is 1.00 bits per heavy atom. The van der Waals surface area contributed by atoms with Crippen LogP contribution in [0.2, 0.25) is 0 Å². The molecule has 0 bridgehead atoms. The van der Waals surface area contributed by atoms with Crippen molar-refractivity contribution in [2.75, 3.05) is 7.11 Å². The molecule has 0 aromatic carbocycles. The van der Waals surface area contributed by atoms with E-state index < -0.39 is 0 Å². The van der Waals surface area contributed by atoms with Gasteiger partial charge in [0.2, 0.25) is 0 Å². The Kier molecular flexibility index (Phi) is 3.84. The Balaban J connectivity index is 1.86. The van der Waals surface area contributed by atoms with E-state index in [1.54, 1.807) is 0 Å². The SMILES string of the molecule is COC1CC(NC2CC(C)CC(C)C2)C1(C)C.